The van der Waals surface area contributed by atoms with Crippen LogP contribution in [0.5, 0.6) is 0 Å². The molecule has 4 aliphatic rings. The zero-order valence-corrected chi connectivity index (χ0v) is 22.2. The average Bonchev–Trinajstić information content (AvgIpc) is 3.10. The maximum absolute atomic E-state index is 12.0. The lowest BCUT2D eigenvalue weighted by molar-refractivity contribution is -0.119. The standard InChI is InChI=1S/C30H49NO2/c1-19(2)8-7-9-20(3)25-12-13-26-24-11-10-23-16-28(31-21(4)33)22(18-32)17-30(23,6)27(24)14-15-29(25,26)5/h18-20,23-27H,7-17H2,1-6H3,(H,31,33)/t20-,23+,24+,25-,26+,27+,29-,30+/m1/s1. The molecule has 33 heavy (non-hydrogen) atoms. The van der Waals surface area contributed by atoms with E-state index in [-0.39, 0.29) is 11.3 Å². The Morgan fingerprint density at radius 1 is 1.03 bits per heavy atom. The monoisotopic (exact) mass is 455 g/mol. The fourth-order valence-corrected chi connectivity index (χ4v) is 9.52. The van der Waals surface area contributed by atoms with Gasteiger partial charge in [0, 0.05) is 18.2 Å². The third-order valence-electron chi connectivity index (χ3n) is 11.1. The number of rotatable bonds is 7. The largest absolute Gasteiger partial charge is 0.330 e. The zero-order chi connectivity index (χ0) is 24.0. The Hall–Kier alpha value is -1.12. The van der Waals surface area contributed by atoms with Crippen molar-refractivity contribution in [3.63, 3.8) is 0 Å². The van der Waals surface area contributed by atoms with E-state index >= 15 is 0 Å². The lowest BCUT2D eigenvalue weighted by atomic mass is 9.44. The molecule has 0 unspecified atom stereocenters. The molecule has 4 rings (SSSR count). The second kappa shape index (κ2) is 9.50. The van der Waals surface area contributed by atoms with Crippen LogP contribution in [0.1, 0.15) is 112 Å². The van der Waals surface area contributed by atoms with Crippen LogP contribution < -0.4 is 5.32 Å². The van der Waals surface area contributed by atoms with E-state index in [0.29, 0.717) is 11.3 Å². The van der Waals surface area contributed by atoms with Crippen molar-refractivity contribution in [3.8, 4) is 0 Å². The second-order valence-electron chi connectivity index (χ2n) is 13.4. The number of amides is 1. The topological polar surface area (TPSA) is 46.2 Å². The molecule has 0 aromatic carbocycles. The lowest BCUT2D eigenvalue weighted by Gasteiger charge is -2.60. The number of fused-ring (bicyclic) bond motifs is 5. The van der Waals surface area contributed by atoms with E-state index in [1.165, 1.54) is 57.8 Å². The van der Waals surface area contributed by atoms with Crippen molar-refractivity contribution in [1.29, 1.82) is 0 Å². The summed E-state index contributed by atoms with van der Waals surface area (Å²) in [5.41, 5.74) is 2.50. The van der Waals surface area contributed by atoms with Gasteiger partial charge in [0.25, 0.3) is 0 Å². The SMILES string of the molecule is CC(=O)NC1=C(C=O)C[C@@]2(C)[C@@H](CC[C@@H]3[C@@H]2CC[C@]2(C)[C@@H]([C@H](C)CCCC(C)C)CC[C@@H]32)C1. The molecular weight excluding hydrogens is 406 g/mol. The van der Waals surface area contributed by atoms with Gasteiger partial charge in [-0.1, -0.05) is 53.9 Å². The molecule has 186 valence electrons. The van der Waals surface area contributed by atoms with Crippen LogP contribution in [0.2, 0.25) is 0 Å². The molecular formula is C30H49NO2. The first-order chi connectivity index (χ1) is 15.6. The van der Waals surface area contributed by atoms with Gasteiger partial charge in [-0.15, -0.1) is 0 Å². The van der Waals surface area contributed by atoms with Crippen molar-refractivity contribution >= 4 is 12.2 Å². The molecule has 0 heterocycles. The molecule has 1 amide bonds. The van der Waals surface area contributed by atoms with E-state index in [0.717, 1.165) is 65.9 Å². The van der Waals surface area contributed by atoms with Crippen LogP contribution in [-0.2, 0) is 9.59 Å². The number of carbonyl (C=O) groups excluding carboxylic acids is 2. The van der Waals surface area contributed by atoms with Crippen LogP contribution in [-0.4, -0.2) is 12.2 Å². The van der Waals surface area contributed by atoms with Crippen molar-refractivity contribution in [2.24, 2.45) is 52.3 Å². The molecule has 8 atom stereocenters. The highest BCUT2D eigenvalue weighted by molar-refractivity contribution is 5.80. The number of allylic oxidation sites excluding steroid dienone is 2. The molecule has 3 fully saturated rings. The highest BCUT2D eigenvalue weighted by Gasteiger charge is 2.60. The van der Waals surface area contributed by atoms with Gasteiger partial charge in [-0.05, 0) is 104 Å². The summed E-state index contributed by atoms with van der Waals surface area (Å²) in [6, 6.07) is 0. The van der Waals surface area contributed by atoms with Crippen LogP contribution in [0, 0.1) is 52.3 Å². The van der Waals surface area contributed by atoms with E-state index in [4.69, 9.17) is 0 Å². The molecule has 0 aromatic rings. The minimum Gasteiger partial charge on any atom is -0.330 e. The molecule has 4 aliphatic carbocycles. The van der Waals surface area contributed by atoms with Gasteiger partial charge in [0.1, 0.15) is 6.29 Å². The summed E-state index contributed by atoms with van der Waals surface area (Å²) < 4.78 is 0. The molecule has 3 nitrogen and oxygen atoms in total. The summed E-state index contributed by atoms with van der Waals surface area (Å²) >= 11 is 0. The van der Waals surface area contributed by atoms with Gasteiger partial charge >= 0.3 is 0 Å². The van der Waals surface area contributed by atoms with Gasteiger partial charge in [0.05, 0.1) is 0 Å². The molecule has 0 aliphatic heterocycles. The van der Waals surface area contributed by atoms with Crippen molar-refractivity contribution in [2.75, 3.05) is 0 Å². The first-order valence-corrected chi connectivity index (χ1v) is 14.0. The van der Waals surface area contributed by atoms with Gasteiger partial charge in [0.2, 0.25) is 5.91 Å². The summed E-state index contributed by atoms with van der Waals surface area (Å²) in [6.45, 7) is 14.0. The molecule has 0 aromatic heterocycles. The zero-order valence-electron chi connectivity index (χ0n) is 22.2. The Bertz CT molecular complexity index is 784. The third-order valence-corrected chi connectivity index (χ3v) is 11.1. The molecule has 0 spiro atoms. The van der Waals surface area contributed by atoms with Crippen LogP contribution >= 0.6 is 0 Å². The molecule has 3 heteroatoms. The molecule has 0 bridgehead atoms. The van der Waals surface area contributed by atoms with Gasteiger partial charge in [-0.3, -0.25) is 9.59 Å². The fourth-order valence-electron chi connectivity index (χ4n) is 9.52. The molecule has 3 saturated carbocycles. The molecule has 0 radical (unpaired) electrons. The van der Waals surface area contributed by atoms with Crippen molar-refractivity contribution in [1.82, 2.24) is 5.32 Å². The van der Waals surface area contributed by atoms with E-state index in [2.05, 4.69) is 39.9 Å². The highest BCUT2D eigenvalue weighted by atomic mass is 16.1. The minimum atomic E-state index is -0.0467. The summed E-state index contributed by atoms with van der Waals surface area (Å²) in [6.07, 6.45) is 15.1. The summed E-state index contributed by atoms with van der Waals surface area (Å²) in [5, 5.41) is 3.00. The Labute approximate surface area is 202 Å². The lowest BCUT2D eigenvalue weighted by Crippen LogP contribution is -2.53. The van der Waals surface area contributed by atoms with E-state index in [9.17, 15) is 9.59 Å². The van der Waals surface area contributed by atoms with Crippen molar-refractivity contribution < 1.29 is 9.59 Å². The Balaban J connectivity index is 1.51. The van der Waals surface area contributed by atoms with Crippen LogP contribution in [0.15, 0.2) is 11.3 Å². The number of carbonyl (C=O) groups is 2. The number of aldehydes is 1. The summed E-state index contributed by atoms with van der Waals surface area (Å²) in [5.74, 6) is 5.54. The molecule has 0 saturated heterocycles. The van der Waals surface area contributed by atoms with E-state index in [1.807, 2.05) is 0 Å². The first-order valence-electron chi connectivity index (χ1n) is 14.0. The summed E-state index contributed by atoms with van der Waals surface area (Å²) in [7, 11) is 0. The smallest absolute Gasteiger partial charge is 0.221 e. The Morgan fingerprint density at radius 3 is 2.42 bits per heavy atom. The van der Waals surface area contributed by atoms with Crippen LogP contribution in [0.4, 0.5) is 0 Å². The van der Waals surface area contributed by atoms with Crippen molar-refractivity contribution in [3.05, 3.63) is 11.3 Å². The normalized spacial score (nSPS) is 41.2. The van der Waals surface area contributed by atoms with Crippen molar-refractivity contribution in [2.45, 2.75) is 112 Å². The minimum absolute atomic E-state index is 0.0467. The average molecular weight is 456 g/mol. The van der Waals surface area contributed by atoms with Gasteiger partial charge < -0.3 is 5.32 Å². The van der Waals surface area contributed by atoms with E-state index < -0.39 is 0 Å². The number of hydrogen-bond acceptors (Lipinski definition) is 2. The summed E-state index contributed by atoms with van der Waals surface area (Å²) in [4.78, 5) is 23.7. The van der Waals surface area contributed by atoms with Crippen LogP contribution in [0.3, 0.4) is 0 Å². The van der Waals surface area contributed by atoms with Gasteiger partial charge in [-0.25, -0.2) is 0 Å². The van der Waals surface area contributed by atoms with Gasteiger partial charge in [-0.2, -0.15) is 0 Å². The van der Waals surface area contributed by atoms with E-state index in [1.54, 1.807) is 6.92 Å². The van der Waals surface area contributed by atoms with Gasteiger partial charge in [0.15, 0.2) is 0 Å². The first kappa shape index (κ1) is 25.0. The number of hydrogen-bond donors (Lipinski definition) is 1. The molecule has 1 N–H and O–H groups in total. The highest BCUT2D eigenvalue weighted by Crippen LogP contribution is 2.68. The Morgan fingerprint density at radius 2 is 1.76 bits per heavy atom. The predicted molar refractivity (Wildman–Crippen MR) is 135 cm³/mol. The third kappa shape index (κ3) is 4.47. The maximum atomic E-state index is 12.0. The van der Waals surface area contributed by atoms with Crippen LogP contribution in [0.25, 0.3) is 0 Å². The predicted octanol–water partition coefficient (Wildman–Crippen LogP) is 7.31. The maximum Gasteiger partial charge on any atom is 0.221 e. The quantitative estimate of drug-likeness (QED) is 0.409. The number of nitrogens with one attached hydrogen (secondary N) is 1. The Kier molecular flexibility index (Phi) is 7.19. The fraction of sp³-hybridized carbons (Fsp3) is 0.867. The second-order valence-corrected chi connectivity index (χ2v) is 13.4.